The van der Waals surface area contributed by atoms with Gasteiger partial charge >= 0.3 is 0 Å². The van der Waals surface area contributed by atoms with Gasteiger partial charge in [-0.3, -0.25) is 9.78 Å². The molecule has 2 aromatic rings. The maximum absolute atomic E-state index is 11.0. The van der Waals surface area contributed by atoms with Gasteiger partial charge in [-0.2, -0.15) is 0 Å². The summed E-state index contributed by atoms with van der Waals surface area (Å²) in [6.07, 6.45) is 1.57. The van der Waals surface area contributed by atoms with E-state index in [4.69, 9.17) is 5.73 Å². The molecule has 2 rings (SSSR count). The van der Waals surface area contributed by atoms with E-state index in [9.17, 15) is 4.79 Å². The van der Waals surface area contributed by atoms with E-state index in [0.717, 1.165) is 5.69 Å². The molecule has 4 heteroatoms. The fourth-order valence-corrected chi connectivity index (χ4v) is 1.73. The topological polar surface area (TPSA) is 68.0 Å². The van der Waals surface area contributed by atoms with Crippen LogP contribution in [0.4, 0.5) is 5.69 Å². The van der Waals surface area contributed by atoms with Gasteiger partial charge in [0.25, 0.3) is 5.91 Å². The zero-order valence-electron chi connectivity index (χ0n) is 10.1. The van der Waals surface area contributed by atoms with Crippen LogP contribution < -0.4 is 11.1 Å². The highest BCUT2D eigenvalue weighted by atomic mass is 16.1. The number of pyridine rings is 1. The molecule has 0 aliphatic carbocycles. The van der Waals surface area contributed by atoms with Gasteiger partial charge in [-0.25, -0.2) is 0 Å². The van der Waals surface area contributed by atoms with Gasteiger partial charge in [0.2, 0.25) is 0 Å². The molecule has 0 aliphatic rings. The Hall–Kier alpha value is -2.36. The van der Waals surface area contributed by atoms with Crippen LogP contribution in [0.2, 0.25) is 0 Å². The number of nitrogens with two attached hydrogens (primary N) is 1. The first kappa shape index (κ1) is 12.1. The first-order valence-corrected chi connectivity index (χ1v) is 5.74. The monoisotopic (exact) mass is 241 g/mol. The van der Waals surface area contributed by atoms with Crippen molar-refractivity contribution in [2.24, 2.45) is 5.73 Å². The van der Waals surface area contributed by atoms with Crippen molar-refractivity contribution in [3.8, 4) is 0 Å². The Bertz CT molecular complexity index is 540. The minimum atomic E-state index is -0.522. The summed E-state index contributed by atoms with van der Waals surface area (Å²) in [6.45, 7) is 2.06. The van der Waals surface area contributed by atoms with E-state index in [1.54, 1.807) is 12.3 Å². The third-order valence-electron chi connectivity index (χ3n) is 2.70. The zero-order chi connectivity index (χ0) is 13.0. The molecule has 0 aliphatic heterocycles. The van der Waals surface area contributed by atoms with Crippen LogP contribution in [0, 0.1) is 0 Å². The van der Waals surface area contributed by atoms with Crippen molar-refractivity contribution in [2.45, 2.75) is 13.0 Å². The summed E-state index contributed by atoms with van der Waals surface area (Å²) in [5.74, 6) is -0.522. The fourth-order valence-electron chi connectivity index (χ4n) is 1.73. The zero-order valence-corrected chi connectivity index (χ0v) is 10.1. The lowest BCUT2D eigenvalue weighted by Crippen LogP contribution is -2.14. The summed E-state index contributed by atoms with van der Waals surface area (Å²) in [4.78, 5) is 14.9. The Morgan fingerprint density at radius 1 is 1.28 bits per heavy atom. The summed E-state index contributed by atoms with van der Waals surface area (Å²) < 4.78 is 0. The van der Waals surface area contributed by atoms with Gasteiger partial charge in [0.1, 0.15) is 5.69 Å². The molecule has 0 saturated heterocycles. The lowest BCUT2D eigenvalue weighted by molar-refractivity contribution is 0.0995. The molecule has 0 spiro atoms. The van der Waals surface area contributed by atoms with E-state index in [1.165, 1.54) is 5.56 Å². The lowest BCUT2D eigenvalue weighted by Gasteiger charge is -2.15. The summed E-state index contributed by atoms with van der Waals surface area (Å²) in [5, 5.41) is 3.31. The van der Waals surface area contributed by atoms with Gasteiger partial charge in [0, 0.05) is 17.9 Å². The van der Waals surface area contributed by atoms with E-state index >= 15 is 0 Å². The summed E-state index contributed by atoms with van der Waals surface area (Å²) >= 11 is 0. The molecule has 1 amide bonds. The number of carbonyl (C=O) groups excluding carboxylic acids is 1. The van der Waals surface area contributed by atoms with Gasteiger partial charge in [-0.1, -0.05) is 30.3 Å². The van der Waals surface area contributed by atoms with E-state index < -0.39 is 5.91 Å². The van der Waals surface area contributed by atoms with Crippen molar-refractivity contribution in [3.63, 3.8) is 0 Å². The summed E-state index contributed by atoms with van der Waals surface area (Å²) in [5.41, 5.74) is 7.46. The van der Waals surface area contributed by atoms with E-state index in [0.29, 0.717) is 0 Å². The number of nitrogens with one attached hydrogen (secondary N) is 1. The highest BCUT2D eigenvalue weighted by molar-refractivity contribution is 5.91. The molecule has 0 bridgehead atoms. The number of benzene rings is 1. The number of nitrogens with zero attached hydrogens (tertiary/aromatic N) is 1. The molecule has 4 nitrogen and oxygen atoms in total. The van der Waals surface area contributed by atoms with Crippen molar-refractivity contribution in [1.29, 1.82) is 0 Å². The number of hydrogen-bond donors (Lipinski definition) is 2. The largest absolute Gasteiger partial charge is 0.378 e. The van der Waals surface area contributed by atoms with Crippen LogP contribution in [0.15, 0.2) is 48.7 Å². The minimum absolute atomic E-state index is 0.148. The van der Waals surface area contributed by atoms with Crippen LogP contribution in [0.1, 0.15) is 29.0 Å². The molecule has 1 aromatic heterocycles. The maximum Gasteiger partial charge on any atom is 0.267 e. The Morgan fingerprint density at radius 2 is 2.00 bits per heavy atom. The summed E-state index contributed by atoms with van der Waals surface area (Å²) in [7, 11) is 0. The van der Waals surface area contributed by atoms with Crippen LogP contribution in [-0.2, 0) is 0 Å². The van der Waals surface area contributed by atoms with Gasteiger partial charge in [0.15, 0.2) is 0 Å². The van der Waals surface area contributed by atoms with Crippen LogP contribution in [0.5, 0.6) is 0 Å². The van der Waals surface area contributed by atoms with E-state index in [-0.39, 0.29) is 11.7 Å². The van der Waals surface area contributed by atoms with E-state index in [2.05, 4.69) is 17.2 Å². The predicted octanol–water partition coefficient (Wildman–Crippen LogP) is 2.35. The normalized spacial score (nSPS) is 11.8. The number of carbonyl (C=O) groups is 1. The molecule has 1 aromatic carbocycles. The quantitative estimate of drug-likeness (QED) is 0.863. The standard InChI is InChI=1S/C14H15N3O/c1-10(11-5-3-2-4-6-11)17-12-7-8-16-13(9-12)14(15)18/h2-10H,1H3,(H2,15,18)(H,16,17). The number of rotatable bonds is 4. The Kier molecular flexibility index (Phi) is 3.57. The first-order chi connectivity index (χ1) is 8.66. The highest BCUT2D eigenvalue weighted by Crippen LogP contribution is 2.18. The molecule has 1 unspecified atom stereocenters. The van der Waals surface area contributed by atoms with Gasteiger partial charge < -0.3 is 11.1 Å². The molecule has 18 heavy (non-hydrogen) atoms. The molecule has 3 N–H and O–H groups in total. The minimum Gasteiger partial charge on any atom is -0.378 e. The second-order valence-electron chi connectivity index (χ2n) is 4.07. The lowest BCUT2D eigenvalue weighted by atomic mass is 10.1. The molecule has 0 fully saturated rings. The maximum atomic E-state index is 11.0. The third kappa shape index (κ3) is 2.85. The van der Waals surface area contributed by atoms with Crippen LogP contribution in [0.25, 0.3) is 0 Å². The van der Waals surface area contributed by atoms with Crippen molar-refractivity contribution in [3.05, 3.63) is 59.9 Å². The Balaban J connectivity index is 2.14. The van der Waals surface area contributed by atoms with Gasteiger partial charge in [-0.05, 0) is 24.6 Å². The van der Waals surface area contributed by atoms with Crippen molar-refractivity contribution in [1.82, 2.24) is 4.98 Å². The number of hydrogen-bond acceptors (Lipinski definition) is 3. The smallest absolute Gasteiger partial charge is 0.267 e. The molecule has 1 heterocycles. The molecule has 92 valence electrons. The van der Waals surface area contributed by atoms with Crippen molar-refractivity contribution in [2.75, 3.05) is 5.32 Å². The predicted molar refractivity (Wildman–Crippen MR) is 71.2 cm³/mol. The third-order valence-corrected chi connectivity index (χ3v) is 2.70. The fraction of sp³-hybridized carbons (Fsp3) is 0.143. The average Bonchev–Trinajstić information content (AvgIpc) is 2.40. The van der Waals surface area contributed by atoms with Crippen LogP contribution in [0.3, 0.4) is 0 Å². The Morgan fingerprint density at radius 3 is 2.67 bits per heavy atom. The van der Waals surface area contributed by atoms with Gasteiger partial charge in [-0.15, -0.1) is 0 Å². The molecule has 0 saturated carbocycles. The second kappa shape index (κ2) is 5.31. The molecule has 1 atom stereocenters. The average molecular weight is 241 g/mol. The van der Waals surface area contributed by atoms with Crippen molar-refractivity contribution < 1.29 is 4.79 Å². The van der Waals surface area contributed by atoms with Gasteiger partial charge in [0.05, 0.1) is 0 Å². The second-order valence-corrected chi connectivity index (χ2v) is 4.07. The SMILES string of the molecule is CC(Nc1ccnc(C(N)=O)c1)c1ccccc1. The number of primary amides is 1. The first-order valence-electron chi connectivity index (χ1n) is 5.74. The molecular formula is C14H15N3O. The number of aromatic nitrogens is 1. The molecule has 0 radical (unpaired) electrons. The van der Waals surface area contributed by atoms with E-state index in [1.807, 2.05) is 36.4 Å². The summed E-state index contributed by atoms with van der Waals surface area (Å²) in [6, 6.07) is 13.7. The van der Waals surface area contributed by atoms with Crippen molar-refractivity contribution >= 4 is 11.6 Å². The number of anilines is 1. The molecular weight excluding hydrogens is 226 g/mol. The number of amides is 1. The van der Waals surface area contributed by atoms with Crippen LogP contribution in [-0.4, -0.2) is 10.9 Å². The highest BCUT2D eigenvalue weighted by Gasteiger charge is 2.07. The Labute approximate surface area is 106 Å². The van der Waals surface area contributed by atoms with Crippen LogP contribution >= 0.6 is 0 Å².